The maximum absolute atomic E-state index is 12.5. The van der Waals surface area contributed by atoms with E-state index in [9.17, 15) is 18.0 Å². The molecule has 11 heteroatoms. The lowest BCUT2D eigenvalue weighted by Gasteiger charge is -2.14. The number of hydrogen-bond donors (Lipinski definition) is 4. The Kier molecular flexibility index (Phi) is 7.54. The third kappa shape index (κ3) is 7.87. The summed E-state index contributed by atoms with van der Waals surface area (Å²) in [5.74, 6) is 0.483. The SMILES string of the molecule is Cc1ccc(Nc2cc(C)nc(NCCNC(=O)Nc3ccccc3OC(F)(F)F)n2)cc1. The van der Waals surface area contributed by atoms with E-state index in [4.69, 9.17) is 0 Å². The van der Waals surface area contributed by atoms with Crippen LogP contribution in [0, 0.1) is 13.8 Å². The summed E-state index contributed by atoms with van der Waals surface area (Å²) in [6, 6.07) is 14.3. The average Bonchev–Trinajstić information content (AvgIpc) is 2.73. The standard InChI is InChI=1S/C22H23F3N6O2/c1-14-7-9-16(10-8-14)29-19-13-15(2)28-20(31-19)26-11-12-27-21(32)30-17-5-3-4-6-18(17)33-22(23,24)25/h3-10,13H,11-12H2,1-2H3,(H2,27,30,32)(H2,26,28,29,31). The molecule has 0 atom stereocenters. The third-order valence-electron chi connectivity index (χ3n) is 4.23. The number of carbonyl (C=O) groups excluding carboxylic acids is 1. The topological polar surface area (TPSA) is 100 Å². The van der Waals surface area contributed by atoms with Crippen LogP contribution in [0.3, 0.4) is 0 Å². The van der Waals surface area contributed by atoms with Gasteiger partial charge >= 0.3 is 12.4 Å². The highest BCUT2D eigenvalue weighted by atomic mass is 19.4. The number of amides is 2. The van der Waals surface area contributed by atoms with Gasteiger partial charge in [-0.05, 0) is 38.1 Å². The molecular formula is C22H23F3N6O2. The van der Waals surface area contributed by atoms with Crippen molar-refractivity contribution in [3.63, 3.8) is 0 Å². The summed E-state index contributed by atoms with van der Waals surface area (Å²) in [6.07, 6.45) is -4.86. The van der Waals surface area contributed by atoms with Crippen molar-refractivity contribution in [3.8, 4) is 5.75 Å². The van der Waals surface area contributed by atoms with Gasteiger partial charge in [-0.2, -0.15) is 4.98 Å². The summed E-state index contributed by atoms with van der Waals surface area (Å²) in [5.41, 5.74) is 2.68. The minimum absolute atomic E-state index is 0.103. The predicted octanol–water partition coefficient (Wildman–Crippen LogP) is 4.97. The van der Waals surface area contributed by atoms with Crippen LogP contribution >= 0.6 is 0 Å². The predicted molar refractivity (Wildman–Crippen MR) is 120 cm³/mol. The number of anilines is 4. The van der Waals surface area contributed by atoms with Crippen molar-refractivity contribution in [2.24, 2.45) is 0 Å². The van der Waals surface area contributed by atoms with Gasteiger partial charge in [-0.3, -0.25) is 0 Å². The van der Waals surface area contributed by atoms with Crippen molar-refractivity contribution in [2.45, 2.75) is 20.2 Å². The minimum Gasteiger partial charge on any atom is -0.404 e. The van der Waals surface area contributed by atoms with Crippen molar-refractivity contribution in [3.05, 3.63) is 65.9 Å². The number of carbonyl (C=O) groups is 1. The molecule has 0 spiro atoms. The fourth-order valence-electron chi connectivity index (χ4n) is 2.80. The highest BCUT2D eigenvalue weighted by Crippen LogP contribution is 2.29. The first-order valence-corrected chi connectivity index (χ1v) is 10.0. The Hall–Kier alpha value is -4.02. The molecule has 0 radical (unpaired) electrons. The first-order chi connectivity index (χ1) is 15.7. The summed E-state index contributed by atoms with van der Waals surface area (Å²) >= 11 is 0. The molecule has 0 unspecified atom stereocenters. The van der Waals surface area contributed by atoms with Crippen LogP contribution < -0.4 is 26.0 Å². The Labute approximate surface area is 188 Å². The maximum Gasteiger partial charge on any atom is 0.573 e. The molecular weight excluding hydrogens is 437 g/mol. The van der Waals surface area contributed by atoms with Crippen LogP contribution in [0.2, 0.25) is 0 Å². The van der Waals surface area contributed by atoms with E-state index in [0.29, 0.717) is 18.3 Å². The van der Waals surface area contributed by atoms with Crippen molar-refractivity contribution in [1.29, 1.82) is 0 Å². The van der Waals surface area contributed by atoms with Crippen LogP contribution in [0.25, 0.3) is 0 Å². The first-order valence-electron chi connectivity index (χ1n) is 10.0. The molecule has 3 rings (SSSR count). The van der Waals surface area contributed by atoms with E-state index < -0.39 is 18.1 Å². The molecule has 3 aromatic rings. The second kappa shape index (κ2) is 10.5. The summed E-state index contributed by atoms with van der Waals surface area (Å²) in [7, 11) is 0. The summed E-state index contributed by atoms with van der Waals surface area (Å²) < 4.78 is 41.4. The van der Waals surface area contributed by atoms with Crippen LogP contribution in [-0.4, -0.2) is 35.5 Å². The second-order valence-electron chi connectivity index (χ2n) is 7.06. The molecule has 0 fully saturated rings. The van der Waals surface area contributed by atoms with Crippen LogP contribution in [0.5, 0.6) is 5.75 Å². The van der Waals surface area contributed by atoms with Gasteiger partial charge in [0, 0.05) is 30.5 Å². The van der Waals surface area contributed by atoms with Gasteiger partial charge in [-0.15, -0.1) is 13.2 Å². The normalized spacial score (nSPS) is 10.9. The van der Waals surface area contributed by atoms with Crippen molar-refractivity contribution in [2.75, 3.05) is 29.0 Å². The van der Waals surface area contributed by atoms with Crippen LogP contribution in [0.4, 0.5) is 41.1 Å². The summed E-state index contributed by atoms with van der Waals surface area (Å²) in [4.78, 5) is 20.8. The number of ether oxygens (including phenoxy) is 1. The zero-order valence-electron chi connectivity index (χ0n) is 18.0. The molecule has 0 aliphatic rings. The molecule has 0 saturated carbocycles. The second-order valence-corrected chi connectivity index (χ2v) is 7.06. The molecule has 33 heavy (non-hydrogen) atoms. The fraction of sp³-hybridized carbons (Fsp3) is 0.227. The van der Waals surface area contributed by atoms with Gasteiger partial charge in [0.1, 0.15) is 5.82 Å². The number of aromatic nitrogens is 2. The lowest BCUT2D eigenvalue weighted by molar-refractivity contribution is -0.274. The average molecular weight is 460 g/mol. The Morgan fingerprint density at radius 1 is 1.00 bits per heavy atom. The van der Waals surface area contributed by atoms with E-state index in [1.165, 1.54) is 18.2 Å². The molecule has 8 nitrogen and oxygen atoms in total. The number of rotatable bonds is 8. The van der Waals surface area contributed by atoms with Crippen molar-refractivity contribution < 1.29 is 22.7 Å². The van der Waals surface area contributed by atoms with Gasteiger partial charge in [-0.1, -0.05) is 29.8 Å². The lowest BCUT2D eigenvalue weighted by atomic mass is 10.2. The van der Waals surface area contributed by atoms with Gasteiger partial charge in [0.25, 0.3) is 0 Å². The summed E-state index contributed by atoms with van der Waals surface area (Å²) in [6.45, 7) is 4.30. The van der Waals surface area contributed by atoms with Gasteiger partial charge < -0.3 is 26.0 Å². The number of nitrogens with one attached hydrogen (secondary N) is 4. The van der Waals surface area contributed by atoms with Crippen molar-refractivity contribution >= 4 is 29.2 Å². The lowest BCUT2D eigenvalue weighted by Crippen LogP contribution is -2.33. The highest BCUT2D eigenvalue weighted by molar-refractivity contribution is 5.90. The number of urea groups is 1. The van der Waals surface area contributed by atoms with Crippen molar-refractivity contribution in [1.82, 2.24) is 15.3 Å². The molecule has 4 N–H and O–H groups in total. The molecule has 0 aliphatic heterocycles. The van der Waals surface area contributed by atoms with Crippen LogP contribution in [0.1, 0.15) is 11.3 Å². The molecule has 1 aromatic heterocycles. The zero-order chi connectivity index (χ0) is 23.8. The maximum atomic E-state index is 12.5. The zero-order valence-corrected chi connectivity index (χ0v) is 18.0. The van der Waals surface area contributed by atoms with Gasteiger partial charge in [0.2, 0.25) is 5.95 Å². The molecule has 0 bridgehead atoms. The van der Waals surface area contributed by atoms with Crippen LogP contribution in [0.15, 0.2) is 54.6 Å². The third-order valence-corrected chi connectivity index (χ3v) is 4.23. The van der Waals surface area contributed by atoms with E-state index >= 15 is 0 Å². The Bertz CT molecular complexity index is 1090. The molecule has 2 amide bonds. The monoisotopic (exact) mass is 460 g/mol. The van der Waals surface area contributed by atoms with E-state index in [1.807, 2.05) is 38.1 Å². The number of alkyl halides is 3. The molecule has 174 valence electrons. The summed E-state index contributed by atoms with van der Waals surface area (Å²) in [5, 5.41) is 11.1. The Morgan fingerprint density at radius 2 is 1.73 bits per heavy atom. The molecule has 2 aromatic carbocycles. The molecule has 0 saturated heterocycles. The Balaban J connectivity index is 1.49. The Morgan fingerprint density at radius 3 is 2.45 bits per heavy atom. The molecule has 1 heterocycles. The number of para-hydroxylation sites is 2. The van der Waals surface area contributed by atoms with E-state index in [2.05, 4.69) is 36.0 Å². The number of nitrogens with zero attached hydrogens (tertiary/aromatic N) is 2. The first kappa shape index (κ1) is 23.6. The smallest absolute Gasteiger partial charge is 0.404 e. The minimum atomic E-state index is -4.86. The van der Waals surface area contributed by atoms with Crippen LogP contribution in [-0.2, 0) is 0 Å². The van der Waals surface area contributed by atoms with Gasteiger partial charge in [-0.25, -0.2) is 9.78 Å². The van der Waals surface area contributed by atoms with Gasteiger partial charge in [0.15, 0.2) is 5.75 Å². The highest BCUT2D eigenvalue weighted by Gasteiger charge is 2.32. The number of hydrogen-bond acceptors (Lipinski definition) is 6. The quantitative estimate of drug-likeness (QED) is 0.354. The van der Waals surface area contributed by atoms with Gasteiger partial charge in [0.05, 0.1) is 5.69 Å². The molecule has 0 aliphatic carbocycles. The fourth-order valence-corrected chi connectivity index (χ4v) is 2.80. The van der Waals surface area contributed by atoms with E-state index in [0.717, 1.165) is 23.0 Å². The van der Waals surface area contributed by atoms with E-state index in [1.54, 1.807) is 6.07 Å². The number of aryl methyl sites for hydroxylation is 2. The number of benzene rings is 2. The number of halogens is 3. The van der Waals surface area contributed by atoms with E-state index in [-0.39, 0.29) is 12.2 Å². The largest absolute Gasteiger partial charge is 0.573 e.